The zero-order chi connectivity index (χ0) is 15.2. The summed E-state index contributed by atoms with van der Waals surface area (Å²) in [5.74, 6) is 0.465. The van der Waals surface area contributed by atoms with Crippen molar-refractivity contribution in [2.75, 3.05) is 17.7 Å². The van der Waals surface area contributed by atoms with Crippen molar-refractivity contribution in [3.05, 3.63) is 53.2 Å². The van der Waals surface area contributed by atoms with E-state index in [0.717, 1.165) is 12.1 Å². The van der Waals surface area contributed by atoms with Crippen LogP contribution in [-0.2, 0) is 6.42 Å². The van der Waals surface area contributed by atoms with Crippen molar-refractivity contribution in [3.63, 3.8) is 0 Å². The Morgan fingerprint density at radius 1 is 1.29 bits per heavy atom. The molecule has 2 aromatic rings. The van der Waals surface area contributed by atoms with Crippen molar-refractivity contribution in [1.82, 2.24) is 4.98 Å². The van der Waals surface area contributed by atoms with Gasteiger partial charge in [-0.05, 0) is 42.8 Å². The summed E-state index contributed by atoms with van der Waals surface area (Å²) >= 11 is 0. The number of amides is 1. The number of pyridine rings is 1. The van der Waals surface area contributed by atoms with Crippen molar-refractivity contribution in [2.24, 2.45) is 0 Å². The summed E-state index contributed by atoms with van der Waals surface area (Å²) in [7, 11) is 1.77. The largest absolute Gasteiger partial charge is 0.373 e. The zero-order valence-electron chi connectivity index (χ0n) is 12.0. The number of carbonyl (C=O) groups excluding carboxylic acids is 1. The van der Waals surface area contributed by atoms with Gasteiger partial charge in [-0.2, -0.15) is 5.26 Å². The Hall–Kier alpha value is -2.87. The topological polar surface area (TPSA) is 77.8 Å². The van der Waals surface area contributed by atoms with E-state index in [2.05, 4.69) is 15.6 Å². The molecule has 0 aliphatic rings. The van der Waals surface area contributed by atoms with Gasteiger partial charge in [0.15, 0.2) is 0 Å². The van der Waals surface area contributed by atoms with Crippen LogP contribution in [0.4, 0.5) is 11.5 Å². The number of nitrogens with one attached hydrogen (secondary N) is 2. The summed E-state index contributed by atoms with van der Waals surface area (Å²) in [4.78, 5) is 16.6. The second-order valence-electron chi connectivity index (χ2n) is 4.48. The van der Waals surface area contributed by atoms with E-state index in [9.17, 15) is 4.79 Å². The minimum atomic E-state index is -0.201. The second kappa shape index (κ2) is 6.53. The molecule has 0 fully saturated rings. The van der Waals surface area contributed by atoms with Gasteiger partial charge in [-0.25, -0.2) is 4.98 Å². The monoisotopic (exact) mass is 280 g/mol. The number of nitriles is 1. The molecule has 5 heteroatoms. The van der Waals surface area contributed by atoms with Crippen molar-refractivity contribution in [3.8, 4) is 6.07 Å². The predicted molar refractivity (Wildman–Crippen MR) is 82.3 cm³/mol. The van der Waals surface area contributed by atoms with Gasteiger partial charge in [0.25, 0.3) is 5.91 Å². The third-order valence-corrected chi connectivity index (χ3v) is 3.03. The van der Waals surface area contributed by atoms with Gasteiger partial charge >= 0.3 is 0 Å². The van der Waals surface area contributed by atoms with Gasteiger partial charge in [-0.3, -0.25) is 4.79 Å². The SMILES string of the molecule is CCc1cc(C(=O)Nc2ccc(C#N)cc2)cc(NC)n1. The predicted octanol–water partition coefficient (Wildman–Crippen LogP) is 2.81. The molecule has 0 aliphatic heterocycles. The maximum absolute atomic E-state index is 12.3. The Kier molecular flexibility index (Phi) is 4.52. The molecule has 0 radical (unpaired) electrons. The van der Waals surface area contributed by atoms with Crippen LogP contribution in [0.15, 0.2) is 36.4 Å². The Morgan fingerprint density at radius 3 is 2.57 bits per heavy atom. The number of aryl methyl sites for hydroxylation is 1. The van der Waals surface area contributed by atoms with Crippen molar-refractivity contribution >= 4 is 17.4 Å². The van der Waals surface area contributed by atoms with Crippen LogP contribution >= 0.6 is 0 Å². The molecule has 5 nitrogen and oxygen atoms in total. The molecule has 0 bridgehead atoms. The number of nitrogens with zero attached hydrogens (tertiary/aromatic N) is 2. The molecule has 2 rings (SSSR count). The smallest absolute Gasteiger partial charge is 0.255 e. The van der Waals surface area contributed by atoms with Crippen molar-refractivity contribution < 1.29 is 4.79 Å². The van der Waals surface area contributed by atoms with Crippen LogP contribution in [-0.4, -0.2) is 17.9 Å². The third kappa shape index (κ3) is 3.57. The molecular formula is C16H16N4O. The van der Waals surface area contributed by atoms with Gasteiger partial charge < -0.3 is 10.6 Å². The molecule has 21 heavy (non-hydrogen) atoms. The average molecular weight is 280 g/mol. The lowest BCUT2D eigenvalue weighted by atomic mass is 10.1. The van der Waals surface area contributed by atoms with Gasteiger partial charge in [0.2, 0.25) is 0 Å². The molecule has 0 saturated carbocycles. The zero-order valence-corrected chi connectivity index (χ0v) is 12.0. The quantitative estimate of drug-likeness (QED) is 0.902. The van der Waals surface area contributed by atoms with Crippen LogP contribution in [0.1, 0.15) is 28.5 Å². The highest BCUT2D eigenvalue weighted by atomic mass is 16.1. The van der Waals surface area contributed by atoms with E-state index < -0.39 is 0 Å². The number of hydrogen-bond acceptors (Lipinski definition) is 4. The van der Waals surface area contributed by atoms with Crippen LogP contribution in [0.2, 0.25) is 0 Å². The van der Waals surface area contributed by atoms with E-state index in [4.69, 9.17) is 5.26 Å². The Morgan fingerprint density at radius 2 is 2.00 bits per heavy atom. The maximum Gasteiger partial charge on any atom is 0.255 e. The number of aromatic nitrogens is 1. The minimum absolute atomic E-state index is 0.201. The lowest BCUT2D eigenvalue weighted by Gasteiger charge is -2.09. The summed E-state index contributed by atoms with van der Waals surface area (Å²) in [6.07, 6.45) is 0.757. The first-order valence-electron chi connectivity index (χ1n) is 6.66. The second-order valence-corrected chi connectivity index (χ2v) is 4.48. The first-order chi connectivity index (χ1) is 10.2. The van der Waals surface area contributed by atoms with E-state index >= 15 is 0 Å². The average Bonchev–Trinajstić information content (AvgIpc) is 2.54. The molecule has 0 saturated heterocycles. The van der Waals surface area contributed by atoms with E-state index in [0.29, 0.717) is 22.6 Å². The summed E-state index contributed by atoms with van der Waals surface area (Å²) in [5.41, 5.74) is 2.62. The summed E-state index contributed by atoms with van der Waals surface area (Å²) in [6, 6.07) is 12.3. The first kappa shape index (κ1) is 14.5. The summed E-state index contributed by atoms with van der Waals surface area (Å²) < 4.78 is 0. The molecule has 0 aliphatic carbocycles. The van der Waals surface area contributed by atoms with E-state index in [1.165, 1.54) is 0 Å². The van der Waals surface area contributed by atoms with Gasteiger partial charge in [0.05, 0.1) is 11.6 Å². The normalized spacial score (nSPS) is 9.76. The molecule has 1 aromatic heterocycles. The van der Waals surface area contributed by atoms with Crippen molar-refractivity contribution in [1.29, 1.82) is 5.26 Å². The lowest BCUT2D eigenvalue weighted by Crippen LogP contribution is -2.13. The van der Waals surface area contributed by atoms with E-state index in [-0.39, 0.29) is 5.91 Å². The van der Waals surface area contributed by atoms with Gasteiger partial charge in [-0.1, -0.05) is 6.92 Å². The molecular weight excluding hydrogens is 264 g/mol. The molecule has 106 valence electrons. The fourth-order valence-corrected chi connectivity index (χ4v) is 1.86. The molecule has 2 N–H and O–H groups in total. The Bertz CT molecular complexity index is 664. The van der Waals surface area contributed by atoms with Crippen LogP contribution in [0.5, 0.6) is 0 Å². The standard InChI is InChI=1S/C16H16N4O/c1-3-13-8-12(9-15(18-2)19-13)16(21)20-14-6-4-11(10-17)5-7-14/h4-9H,3H2,1-2H3,(H,18,19)(H,20,21). The highest BCUT2D eigenvalue weighted by Gasteiger charge is 2.09. The number of benzene rings is 1. The van der Waals surface area contributed by atoms with Gasteiger partial charge in [-0.15, -0.1) is 0 Å². The van der Waals surface area contributed by atoms with Crippen LogP contribution in [0.3, 0.4) is 0 Å². The number of hydrogen-bond donors (Lipinski definition) is 2. The Balaban J connectivity index is 2.21. The van der Waals surface area contributed by atoms with Crippen LogP contribution < -0.4 is 10.6 Å². The number of carbonyl (C=O) groups is 1. The van der Waals surface area contributed by atoms with Gasteiger partial charge in [0, 0.05) is 24.0 Å². The molecule has 0 atom stereocenters. The summed E-state index contributed by atoms with van der Waals surface area (Å²) in [5, 5.41) is 14.5. The number of rotatable bonds is 4. The third-order valence-electron chi connectivity index (χ3n) is 3.03. The maximum atomic E-state index is 12.3. The molecule has 0 spiro atoms. The molecule has 1 heterocycles. The van der Waals surface area contributed by atoms with E-state index in [1.54, 1.807) is 43.4 Å². The summed E-state index contributed by atoms with van der Waals surface area (Å²) in [6.45, 7) is 1.99. The first-order valence-corrected chi connectivity index (χ1v) is 6.66. The van der Waals surface area contributed by atoms with E-state index in [1.807, 2.05) is 13.0 Å². The molecule has 0 unspecified atom stereocenters. The fourth-order valence-electron chi connectivity index (χ4n) is 1.86. The van der Waals surface area contributed by atoms with Crippen molar-refractivity contribution in [2.45, 2.75) is 13.3 Å². The molecule has 1 aromatic carbocycles. The minimum Gasteiger partial charge on any atom is -0.373 e. The van der Waals surface area contributed by atoms with Gasteiger partial charge in [0.1, 0.15) is 5.82 Å². The fraction of sp³-hybridized carbons (Fsp3) is 0.188. The number of anilines is 2. The Labute approximate surface area is 123 Å². The van der Waals surface area contributed by atoms with Crippen LogP contribution in [0.25, 0.3) is 0 Å². The highest BCUT2D eigenvalue weighted by Crippen LogP contribution is 2.14. The molecule has 1 amide bonds. The highest BCUT2D eigenvalue weighted by molar-refractivity contribution is 6.04. The lowest BCUT2D eigenvalue weighted by molar-refractivity contribution is 0.102. The van der Waals surface area contributed by atoms with Crippen LogP contribution in [0, 0.1) is 11.3 Å².